The van der Waals surface area contributed by atoms with E-state index in [1.54, 1.807) is 6.07 Å². The zero-order valence-electron chi connectivity index (χ0n) is 12.5. The largest absolute Gasteiger partial charge is 0.456 e. The van der Waals surface area contributed by atoms with E-state index in [-0.39, 0.29) is 22.4 Å². The highest BCUT2D eigenvalue weighted by Gasteiger charge is 2.24. The number of anilines is 1. The summed E-state index contributed by atoms with van der Waals surface area (Å²) < 4.78 is 37.6. The Morgan fingerprint density at radius 2 is 1.96 bits per heavy atom. The van der Waals surface area contributed by atoms with Crippen LogP contribution >= 0.6 is 0 Å². The van der Waals surface area contributed by atoms with E-state index in [0.29, 0.717) is 18.2 Å². The maximum atomic E-state index is 13.8. The number of benzene rings is 1. The maximum Gasteiger partial charge on any atom is 0.291 e. The molecule has 0 unspecified atom stereocenters. The van der Waals surface area contributed by atoms with Gasteiger partial charge in [-0.3, -0.25) is 9.59 Å². The Balaban J connectivity index is 2.08. The van der Waals surface area contributed by atoms with Crippen molar-refractivity contribution in [2.24, 2.45) is 5.73 Å². The lowest BCUT2D eigenvalue weighted by atomic mass is 10.2. The topological polar surface area (TPSA) is 98.5 Å². The molecule has 124 valence electrons. The minimum atomic E-state index is -1.03. The molecule has 6 nitrogen and oxygen atoms in total. The third-order valence-corrected chi connectivity index (χ3v) is 3.41. The van der Waals surface area contributed by atoms with E-state index >= 15 is 0 Å². The summed E-state index contributed by atoms with van der Waals surface area (Å²) in [5, 5.41) is 2.25. The minimum absolute atomic E-state index is 0.0199. The number of carbonyl (C=O) groups excluding carboxylic acids is 2. The number of hydrogen-bond acceptors (Lipinski definition) is 4. The number of amides is 2. The van der Waals surface area contributed by atoms with Crippen LogP contribution in [0.3, 0.4) is 0 Å². The molecule has 3 rings (SSSR count). The molecule has 0 saturated heterocycles. The van der Waals surface area contributed by atoms with Gasteiger partial charge in [-0.1, -0.05) is 6.92 Å². The van der Waals surface area contributed by atoms with Gasteiger partial charge in [0.2, 0.25) is 5.76 Å². The van der Waals surface area contributed by atoms with Gasteiger partial charge in [0, 0.05) is 12.5 Å². The molecule has 0 radical (unpaired) electrons. The molecule has 0 bridgehead atoms. The lowest BCUT2D eigenvalue weighted by Gasteiger charge is -2.03. The van der Waals surface area contributed by atoms with Crippen molar-refractivity contribution in [2.45, 2.75) is 13.3 Å². The summed E-state index contributed by atoms with van der Waals surface area (Å²) in [6, 6.07) is 4.60. The smallest absolute Gasteiger partial charge is 0.291 e. The Morgan fingerprint density at radius 3 is 2.58 bits per heavy atom. The molecular weight excluding hydrogens is 322 g/mol. The lowest BCUT2D eigenvalue weighted by molar-refractivity contribution is 0.0977. The quantitative estimate of drug-likeness (QED) is 0.765. The summed E-state index contributed by atoms with van der Waals surface area (Å²) in [6.45, 7) is 1.85. The fourth-order valence-corrected chi connectivity index (χ4v) is 2.29. The molecule has 2 amide bonds. The average molecular weight is 334 g/mol. The normalized spacial score (nSPS) is 11.0. The Hall–Kier alpha value is -3.16. The number of carbonyl (C=O) groups is 2. The number of furan rings is 2. The molecule has 0 aliphatic rings. The summed E-state index contributed by atoms with van der Waals surface area (Å²) in [6.07, 6.45) is 0.588. The van der Waals surface area contributed by atoms with Crippen LogP contribution in [0, 0.1) is 11.6 Å². The van der Waals surface area contributed by atoms with Gasteiger partial charge < -0.3 is 19.9 Å². The Bertz CT molecular complexity index is 959. The van der Waals surface area contributed by atoms with Crippen molar-refractivity contribution in [1.82, 2.24) is 0 Å². The van der Waals surface area contributed by atoms with Crippen LogP contribution in [0.4, 0.5) is 14.5 Å². The maximum absolute atomic E-state index is 13.8. The molecule has 0 atom stereocenters. The van der Waals surface area contributed by atoms with Crippen molar-refractivity contribution in [1.29, 1.82) is 0 Å². The zero-order chi connectivity index (χ0) is 17.4. The number of nitrogens with two attached hydrogens (primary N) is 1. The summed E-state index contributed by atoms with van der Waals surface area (Å²) in [4.78, 5) is 23.7. The minimum Gasteiger partial charge on any atom is -0.456 e. The second-order valence-electron chi connectivity index (χ2n) is 5.01. The summed E-state index contributed by atoms with van der Waals surface area (Å²) in [5.41, 5.74) is 4.59. The van der Waals surface area contributed by atoms with Crippen LogP contribution in [0.15, 0.2) is 33.1 Å². The Morgan fingerprint density at radius 1 is 1.21 bits per heavy atom. The average Bonchev–Trinajstić information content (AvgIpc) is 3.12. The zero-order valence-corrected chi connectivity index (χ0v) is 12.5. The standard InChI is InChI=1S/C16H12F2N2O4/c1-2-8-3-4-11(23-8)16(22)20-12-9-5-7(17)6-10(18)13(9)24-14(12)15(19)21/h3-6H,2H2,1H3,(H2,19,21)(H,20,22). The first-order valence-corrected chi connectivity index (χ1v) is 7.02. The van der Waals surface area contributed by atoms with Gasteiger partial charge in [-0.05, 0) is 18.2 Å². The molecule has 0 aliphatic carbocycles. The molecule has 0 aliphatic heterocycles. The van der Waals surface area contributed by atoms with E-state index in [2.05, 4.69) is 5.32 Å². The fraction of sp³-hybridized carbons (Fsp3) is 0.125. The predicted octanol–water partition coefficient (Wildman–Crippen LogP) is 3.22. The van der Waals surface area contributed by atoms with E-state index in [9.17, 15) is 18.4 Å². The highest BCUT2D eigenvalue weighted by atomic mass is 19.1. The number of rotatable bonds is 4. The van der Waals surface area contributed by atoms with Crippen LogP contribution in [0.2, 0.25) is 0 Å². The van der Waals surface area contributed by atoms with E-state index in [1.807, 2.05) is 6.92 Å². The summed E-state index contributed by atoms with van der Waals surface area (Å²) in [5.74, 6) is -3.56. The Kier molecular flexibility index (Phi) is 3.80. The molecule has 3 aromatic rings. The van der Waals surface area contributed by atoms with Crippen LogP contribution in [0.25, 0.3) is 11.0 Å². The van der Waals surface area contributed by atoms with Gasteiger partial charge in [0.15, 0.2) is 17.2 Å². The van der Waals surface area contributed by atoms with Gasteiger partial charge in [0.05, 0.1) is 5.39 Å². The molecule has 1 aromatic carbocycles. The van der Waals surface area contributed by atoms with E-state index < -0.39 is 29.2 Å². The van der Waals surface area contributed by atoms with Crippen molar-refractivity contribution >= 4 is 28.5 Å². The van der Waals surface area contributed by atoms with Crippen molar-refractivity contribution in [3.8, 4) is 0 Å². The molecule has 0 spiro atoms. The molecule has 2 heterocycles. The van der Waals surface area contributed by atoms with Gasteiger partial charge >= 0.3 is 0 Å². The van der Waals surface area contributed by atoms with E-state index in [4.69, 9.17) is 14.6 Å². The molecular formula is C16H12F2N2O4. The van der Waals surface area contributed by atoms with Crippen molar-refractivity contribution < 1.29 is 27.2 Å². The lowest BCUT2D eigenvalue weighted by Crippen LogP contribution is -2.16. The molecule has 24 heavy (non-hydrogen) atoms. The first kappa shape index (κ1) is 15.7. The predicted molar refractivity (Wildman–Crippen MR) is 80.7 cm³/mol. The third-order valence-electron chi connectivity index (χ3n) is 3.41. The van der Waals surface area contributed by atoms with Crippen molar-refractivity contribution in [3.63, 3.8) is 0 Å². The Labute approximate surface area is 134 Å². The van der Waals surface area contributed by atoms with Crippen LogP contribution < -0.4 is 11.1 Å². The summed E-state index contributed by atoms with van der Waals surface area (Å²) >= 11 is 0. The van der Waals surface area contributed by atoms with Crippen LogP contribution in [0.1, 0.15) is 33.8 Å². The van der Waals surface area contributed by atoms with Crippen molar-refractivity contribution in [2.75, 3.05) is 5.32 Å². The van der Waals surface area contributed by atoms with Gasteiger partial charge in [-0.15, -0.1) is 0 Å². The second kappa shape index (κ2) is 5.80. The molecule has 3 N–H and O–H groups in total. The SMILES string of the molecule is CCc1ccc(C(=O)Nc2c(C(N)=O)oc3c(F)cc(F)cc23)o1. The molecule has 2 aromatic heterocycles. The third kappa shape index (κ3) is 2.62. The highest BCUT2D eigenvalue weighted by Crippen LogP contribution is 2.33. The number of aryl methyl sites for hydroxylation is 1. The first-order chi connectivity index (χ1) is 11.4. The van der Waals surface area contributed by atoms with Crippen LogP contribution in [-0.4, -0.2) is 11.8 Å². The monoisotopic (exact) mass is 334 g/mol. The molecule has 0 fully saturated rings. The number of primary amides is 1. The first-order valence-electron chi connectivity index (χ1n) is 7.02. The van der Waals surface area contributed by atoms with Gasteiger partial charge in [0.1, 0.15) is 17.3 Å². The molecule has 0 saturated carbocycles. The van der Waals surface area contributed by atoms with Crippen molar-refractivity contribution in [3.05, 3.63) is 53.2 Å². The van der Waals surface area contributed by atoms with Gasteiger partial charge in [-0.25, -0.2) is 8.78 Å². The van der Waals surface area contributed by atoms with E-state index in [0.717, 1.165) is 6.07 Å². The number of halogens is 2. The number of hydrogen-bond donors (Lipinski definition) is 2. The second-order valence-corrected chi connectivity index (χ2v) is 5.01. The number of nitrogens with one attached hydrogen (secondary N) is 1. The van der Waals surface area contributed by atoms with E-state index in [1.165, 1.54) is 6.07 Å². The van der Waals surface area contributed by atoms with Crippen LogP contribution in [-0.2, 0) is 6.42 Å². The fourth-order valence-electron chi connectivity index (χ4n) is 2.29. The molecule has 8 heteroatoms. The van der Waals surface area contributed by atoms with Gasteiger partial charge in [0.25, 0.3) is 11.8 Å². The van der Waals surface area contributed by atoms with Gasteiger partial charge in [-0.2, -0.15) is 0 Å². The highest BCUT2D eigenvalue weighted by molar-refractivity contribution is 6.13. The van der Waals surface area contributed by atoms with Crippen LogP contribution in [0.5, 0.6) is 0 Å². The number of fused-ring (bicyclic) bond motifs is 1. The summed E-state index contributed by atoms with van der Waals surface area (Å²) in [7, 11) is 0.